The summed E-state index contributed by atoms with van der Waals surface area (Å²) in [4.78, 5) is 3.42. The molecule has 0 saturated heterocycles. The van der Waals surface area contributed by atoms with E-state index in [-0.39, 0.29) is 0 Å². The van der Waals surface area contributed by atoms with E-state index in [1.54, 1.807) is 0 Å². The molecule has 0 spiro atoms. The normalized spacial score (nSPS) is 15.8. The summed E-state index contributed by atoms with van der Waals surface area (Å²) in [5.74, 6) is 0. The number of nitrogens with one attached hydrogen (secondary N) is 2. The zero-order valence-corrected chi connectivity index (χ0v) is 8.49. The molecule has 0 bridgehead atoms. The van der Waals surface area contributed by atoms with Crippen molar-refractivity contribution in [1.29, 1.82) is 0 Å². The van der Waals surface area contributed by atoms with Crippen LogP contribution in [-0.2, 0) is 13.0 Å². The van der Waals surface area contributed by atoms with Gasteiger partial charge in [0.25, 0.3) is 0 Å². The standard InChI is InChI=1S/C11H11ClN2/c12-7-1-2-10-9(5-7)8-3-4-13-6-11(8)14-10/h1-2,5,13-14H,3-4,6H2/i6+2. The quantitative estimate of drug-likeness (QED) is 0.684. The SMILES string of the molecule is Clc1ccc2[nH]c3c(c2c1)CCN[14CH2]3. The van der Waals surface area contributed by atoms with E-state index in [0.717, 1.165) is 24.5 Å². The summed E-state index contributed by atoms with van der Waals surface area (Å²) in [6.45, 7) is 2.01. The number of hydrogen-bond donors (Lipinski definition) is 2. The lowest BCUT2D eigenvalue weighted by molar-refractivity contribution is 0.637. The summed E-state index contributed by atoms with van der Waals surface area (Å²) >= 11 is 5.99. The van der Waals surface area contributed by atoms with Crippen molar-refractivity contribution in [2.45, 2.75) is 13.0 Å². The number of H-pyrrole nitrogens is 1. The highest BCUT2D eigenvalue weighted by molar-refractivity contribution is 6.31. The van der Waals surface area contributed by atoms with Crippen LogP contribution in [0.2, 0.25) is 5.02 Å². The van der Waals surface area contributed by atoms with Crippen molar-refractivity contribution in [3.05, 3.63) is 34.5 Å². The Morgan fingerprint density at radius 3 is 3.21 bits per heavy atom. The van der Waals surface area contributed by atoms with Crippen LogP contribution in [0.1, 0.15) is 11.3 Å². The van der Waals surface area contributed by atoms with Crippen LogP contribution in [-0.4, -0.2) is 11.5 Å². The molecule has 2 nitrogen and oxygen atoms in total. The lowest BCUT2D eigenvalue weighted by atomic mass is 10.1. The lowest BCUT2D eigenvalue weighted by Crippen LogP contribution is -2.22. The number of aromatic amines is 1. The van der Waals surface area contributed by atoms with Gasteiger partial charge in [-0.25, -0.2) is 0 Å². The van der Waals surface area contributed by atoms with Crippen LogP contribution in [0.25, 0.3) is 10.9 Å². The fourth-order valence-corrected chi connectivity index (χ4v) is 2.31. The highest BCUT2D eigenvalue weighted by Gasteiger charge is 2.14. The van der Waals surface area contributed by atoms with E-state index in [1.807, 2.05) is 6.07 Å². The molecule has 1 aliphatic rings. The Balaban J connectivity index is 2.32. The largest absolute Gasteiger partial charge is 0.357 e. The number of halogens is 1. The minimum atomic E-state index is 0.817. The molecule has 0 unspecified atom stereocenters. The first-order valence-corrected chi connectivity index (χ1v) is 5.22. The third-order valence-electron chi connectivity index (χ3n) is 2.81. The van der Waals surface area contributed by atoms with Gasteiger partial charge in [0, 0.05) is 28.2 Å². The van der Waals surface area contributed by atoms with Gasteiger partial charge in [-0.3, -0.25) is 0 Å². The predicted octanol–water partition coefficient (Wildman–Crippen LogP) is 2.47. The molecule has 0 atom stereocenters. The van der Waals surface area contributed by atoms with Gasteiger partial charge in [0.15, 0.2) is 0 Å². The summed E-state index contributed by atoms with van der Waals surface area (Å²) in [5, 5.41) is 5.46. The number of aromatic nitrogens is 1. The van der Waals surface area contributed by atoms with Crippen molar-refractivity contribution in [3.8, 4) is 0 Å². The first-order chi connectivity index (χ1) is 6.84. The Morgan fingerprint density at radius 2 is 2.29 bits per heavy atom. The first kappa shape index (κ1) is 8.33. The van der Waals surface area contributed by atoms with Crippen LogP contribution in [0.3, 0.4) is 0 Å². The van der Waals surface area contributed by atoms with Gasteiger partial charge in [-0.1, -0.05) is 11.6 Å². The third kappa shape index (κ3) is 1.15. The summed E-state index contributed by atoms with van der Waals surface area (Å²) in [6, 6.07) is 6.03. The maximum absolute atomic E-state index is 5.99. The predicted molar refractivity (Wildman–Crippen MR) is 58.7 cm³/mol. The highest BCUT2D eigenvalue weighted by atomic mass is 35.5. The van der Waals surface area contributed by atoms with Gasteiger partial charge >= 0.3 is 0 Å². The van der Waals surface area contributed by atoms with Crippen LogP contribution < -0.4 is 5.32 Å². The summed E-state index contributed by atoms with van der Waals surface area (Å²) < 4.78 is 0. The molecule has 2 heterocycles. The summed E-state index contributed by atoms with van der Waals surface area (Å²) in [6.07, 6.45) is 1.09. The molecular formula is C11H11ClN2. The number of rotatable bonds is 0. The molecule has 14 heavy (non-hydrogen) atoms. The Kier molecular flexibility index (Phi) is 1.79. The minimum Gasteiger partial charge on any atom is -0.357 e. The van der Waals surface area contributed by atoms with Crippen LogP contribution in [0.4, 0.5) is 0 Å². The smallest absolute Gasteiger partial charge is 0.0460 e. The average Bonchev–Trinajstić information content (AvgIpc) is 2.56. The zero-order chi connectivity index (χ0) is 9.54. The Labute approximate surface area is 87.3 Å². The van der Waals surface area contributed by atoms with Crippen molar-refractivity contribution in [2.24, 2.45) is 0 Å². The van der Waals surface area contributed by atoms with Crippen molar-refractivity contribution in [3.63, 3.8) is 0 Å². The molecule has 1 aromatic carbocycles. The summed E-state index contributed by atoms with van der Waals surface area (Å²) in [7, 11) is 0. The van der Waals surface area contributed by atoms with E-state index in [2.05, 4.69) is 22.4 Å². The van der Waals surface area contributed by atoms with Crippen LogP contribution >= 0.6 is 11.6 Å². The molecule has 1 aromatic heterocycles. The number of fused-ring (bicyclic) bond motifs is 3. The van der Waals surface area contributed by atoms with Crippen LogP contribution in [0.15, 0.2) is 18.2 Å². The molecule has 2 N–H and O–H groups in total. The third-order valence-corrected chi connectivity index (χ3v) is 3.05. The maximum Gasteiger partial charge on any atom is 0.0460 e. The average molecular weight is 209 g/mol. The fourth-order valence-electron chi connectivity index (χ4n) is 2.14. The van der Waals surface area contributed by atoms with E-state index in [1.165, 1.54) is 22.2 Å². The van der Waals surface area contributed by atoms with E-state index in [9.17, 15) is 0 Å². The topological polar surface area (TPSA) is 27.8 Å². The molecule has 72 valence electrons. The van der Waals surface area contributed by atoms with Gasteiger partial charge in [0.05, 0.1) is 0 Å². The number of benzene rings is 1. The van der Waals surface area contributed by atoms with Crippen molar-refractivity contribution < 1.29 is 0 Å². The lowest BCUT2D eigenvalue weighted by Gasteiger charge is -2.12. The molecule has 0 fully saturated rings. The van der Waals surface area contributed by atoms with Crippen molar-refractivity contribution in [1.82, 2.24) is 10.3 Å². The van der Waals surface area contributed by atoms with Crippen LogP contribution in [0.5, 0.6) is 0 Å². The van der Waals surface area contributed by atoms with Crippen LogP contribution in [0, 0.1) is 0 Å². The second-order valence-corrected chi connectivity index (χ2v) is 4.14. The molecule has 0 saturated carbocycles. The molecule has 0 aliphatic carbocycles. The number of hydrogen-bond acceptors (Lipinski definition) is 1. The van der Waals surface area contributed by atoms with Gasteiger partial charge in [-0.2, -0.15) is 0 Å². The Morgan fingerprint density at radius 1 is 1.36 bits per heavy atom. The Bertz CT molecular complexity index is 487. The van der Waals surface area contributed by atoms with Crippen molar-refractivity contribution >= 4 is 22.5 Å². The van der Waals surface area contributed by atoms with Crippen molar-refractivity contribution in [2.75, 3.05) is 6.54 Å². The van der Waals surface area contributed by atoms with E-state index in [4.69, 9.17) is 11.6 Å². The van der Waals surface area contributed by atoms with E-state index < -0.39 is 0 Å². The van der Waals surface area contributed by atoms with Gasteiger partial charge in [-0.15, -0.1) is 0 Å². The molecule has 3 heteroatoms. The monoisotopic (exact) mass is 208 g/mol. The van der Waals surface area contributed by atoms with E-state index >= 15 is 0 Å². The van der Waals surface area contributed by atoms with E-state index in [0.29, 0.717) is 0 Å². The fraction of sp³-hybridized carbons (Fsp3) is 0.273. The second-order valence-electron chi connectivity index (χ2n) is 3.70. The van der Waals surface area contributed by atoms with Gasteiger partial charge in [0.2, 0.25) is 0 Å². The first-order valence-electron chi connectivity index (χ1n) is 4.84. The summed E-state index contributed by atoms with van der Waals surface area (Å²) in [5.41, 5.74) is 3.94. The van der Waals surface area contributed by atoms with Gasteiger partial charge in [0.1, 0.15) is 0 Å². The zero-order valence-electron chi connectivity index (χ0n) is 7.73. The highest BCUT2D eigenvalue weighted by Crippen LogP contribution is 2.27. The molecule has 3 rings (SSSR count). The van der Waals surface area contributed by atoms with Gasteiger partial charge in [-0.05, 0) is 36.7 Å². The van der Waals surface area contributed by atoms with Gasteiger partial charge < -0.3 is 10.3 Å². The molecule has 2 aromatic rings. The maximum atomic E-state index is 5.99. The molecule has 0 amide bonds. The Hall–Kier alpha value is -0.990. The molecule has 0 radical (unpaired) electrons. The minimum absolute atomic E-state index is 0.817. The second kappa shape index (κ2) is 3.01. The molecular weight excluding hydrogens is 198 g/mol. The molecule has 1 aliphatic heterocycles.